The number of rotatable bonds is 3. The Kier molecular flexibility index (Phi) is 4.40. The average molecular weight is 382 g/mol. The molecule has 4 rings (SSSR count). The standard InChI is InChI=1S/C18H17F3N2O2S/c19-18(20,21)25-15-3-1-2-12(8-15)17(24)23-10-14(11-23)22-6-4-16-13(9-22)5-7-26-16/h1-3,5,7-8,14H,4,6,9-11H2. The second kappa shape index (κ2) is 6.59. The summed E-state index contributed by atoms with van der Waals surface area (Å²) in [5, 5.41) is 2.11. The molecule has 2 aliphatic heterocycles. The number of likely N-dealkylation sites (tertiary alicyclic amines) is 1. The van der Waals surface area contributed by atoms with Gasteiger partial charge in [-0.05, 0) is 41.6 Å². The molecule has 138 valence electrons. The molecule has 1 saturated heterocycles. The van der Waals surface area contributed by atoms with Gasteiger partial charge in [-0.2, -0.15) is 0 Å². The van der Waals surface area contributed by atoms with Gasteiger partial charge in [0, 0.05) is 42.7 Å². The van der Waals surface area contributed by atoms with Crippen LogP contribution in [-0.2, 0) is 13.0 Å². The predicted molar refractivity (Wildman–Crippen MR) is 91.2 cm³/mol. The number of carbonyl (C=O) groups is 1. The molecule has 4 nitrogen and oxygen atoms in total. The molecule has 0 saturated carbocycles. The summed E-state index contributed by atoms with van der Waals surface area (Å²) < 4.78 is 40.9. The lowest BCUT2D eigenvalue weighted by atomic mass is 10.0. The predicted octanol–water partition coefficient (Wildman–Crippen LogP) is 3.53. The van der Waals surface area contributed by atoms with Crippen molar-refractivity contribution in [1.29, 1.82) is 0 Å². The van der Waals surface area contributed by atoms with Crippen molar-refractivity contribution in [3.63, 3.8) is 0 Å². The van der Waals surface area contributed by atoms with Crippen molar-refractivity contribution in [3.05, 3.63) is 51.7 Å². The Balaban J connectivity index is 1.36. The van der Waals surface area contributed by atoms with Gasteiger partial charge in [-0.3, -0.25) is 9.69 Å². The Bertz CT molecular complexity index is 815. The maximum Gasteiger partial charge on any atom is 0.573 e. The van der Waals surface area contributed by atoms with Crippen molar-refractivity contribution >= 4 is 17.2 Å². The normalized spacial score (nSPS) is 18.3. The molecule has 3 heterocycles. The van der Waals surface area contributed by atoms with E-state index in [-0.39, 0.29) is 17.2 Å². The van der Waals surface area contributed by atoms with Crippen molar-refractivity contribution in [2.45, 2.75) is 25.4 Å². The third kappa shape index (κ3) is 3.57. The number of hydrogen-bond acceptors (Lipinski definition) is 4. The summed E-state index contributed by atoms with van der Waals surface area (Å²) in [6.07, 6.45) is -3.73. The molecule has 1 aromatic heterocycles. The number of ether oxygens (including phenoxy) is 1. The van der Waals surface area contributed by atoms with Gasteiger partial charge in [0.2, 0.25) is 0 Å². The van der Waals surface area contributed by atoms with Crippen LogP contribution >= 0.6 is 11.3 Å². The van der Waals surface area contributed by atoms with Gasteiger partial charge in [0.1, 0.15) is 5.75 Å². The first kappa shape index (κ1) is 17.4. The molecule has 0 spiro atoms. The minimum absolute atomic E-state index is 0.212. The third-order valence-corrected chi connectivity index (χ3v) is 5.84. The van der Waals surface area contributed by atoms with E-state index >= 15 is 0 Å². The quantitative estimate of drug-likeness (QED) is 0.814. The van der Waals surface area contributed by atoms with E-state index in [2.05, 4.69) is 21.1 Å². The number of fused-ring (bicyclic) bond motifs is 1. The topological polar surface area (TPSA) is 32.8 Å². The van der Waals surface area contributed by atoms with Crippen molar-refractivity contribution in [2.75, 3.05) is 19.6 Å². The first-order valence-electron chi connectivity index (χ1n) is 8.33. The Morgan fingerprint density at radius 1 is 1.23 bits per heavy atom. The van der Waals surface area contributed by atoms with E-state index in [1.165, 1.54) is 28.6 Å². The fraction of sp³-hybridized carbons (Fsp3) is 0.389. The summed E-state index contributed by atoms with van der Waals surface area (Å²) in [6, 6.07) is 7.70. The number of nitrogens with zero attached hydrogens (tertiary/aromatic N) is 2. The summed E-state index contributed by atoms with van der Waals surface area (Å²) >= 11 is 1.79. The molecule has 0 unspecified atom stereocenters. The largest absolute Gasteiger partial charge is 0.573 e. The number of amides is 1. The van der Waals surface area contributed by atoms with Crippen LogP contribution in [-0.4, -0.2) is 47.7 Å². The maximum absolute atomic E-state index is 12.5. The van der Waals surface area contributed by atoms with E-state index < -0.39 is 6.36 Å². The number of carbonyl (C=O) groups excluding carboxylic acids is 1. The molecule has 0 atom stereocenters. The molecule has 2 aliphatic rings. The smallest absolute Gasteiger partial charge is 0.406 e. The molecule has 8 heteroatoms. The van der Waals surface area contributed by atoms with Crippen LogP contribution in [0.2, 0.25) is 0 Å². The lowest BCUT2D eigenvalue weighted by Crippen LogP contribution is -2.61. The molecular weight excluding hydrogens is 365 g/mol. The number of thiophene rings is 1. The summed E-state index contributed by atoms with van der Waals surface area (Å²) in [4.78, 5) is 18.0. The Labute approximate surface area is 152 Å². The molecule has 1 fully saturated rings. The van der Waals surface area contributed by atoms with Crippen LogP contribution in [0.3, 0.4) is 0 Å². The van der Waals surface area contributed by atoms with E-state index in [1.807, 2.05) is 0 Å². The molecule has 1 amide bonds. The van der Waals surface area contributed by atoms with Crippen molar-refractivity contribution in [1.82, 2.24) is 9.80 Å². The highest BCUT2D eigenvalue weighted by molar-refractivity contribution is 7.10. The van der Waals surface area contributed by atoms with Crippen LogP contribution in [0.25, 0.3) is 0 Å². The van der Waals surface area contributed by atoms with Gasteiger partial charge in [0.15, 0.2) is 0 Å². The zero-order valence-corrected chi connectivity index (χ0v) is 14.6. The fourth-order valence-electron chi connectivity index (χ4n) is 3.44. The first-order chi connectivity index (χ1) is 12.4. The summed E-state index contributed by atoms with van der Waals surface area (Å²) in [7, 11) is 0. The second-order valence-corrected chi connectivity index (χ2v) is 7.53. The number of alkyl halides is 3. The lowest BCUT2D eigenvalue weighted by molar-refractivity contribution is -0.274. The Morgan fingerprint density at radius 2 is 2.04 bits per heavy atom. The zero-order chi connectivity index (χ0) is 18.3. The molecule has 1 aromatic carbocycles. The molecule has 2 aromatic rings. The number of hydrogen-bond donors (Lipinski definition) is 0. The Hall–Kier alpha value is -2.06. The lowest BCUT2D eigenvalue weighted by Gasteiger charge is -2.46. The van der Waals surface area contributed by atoms with Crippen molar-refractivity contribution < 1.29 is 22.7 Å². The van der Waals surface area contributed by atoms with Crippen LogP contribution in [0.15, 0.2) is 35.7 Å². The minimum Gasteiger partial charge on any atom is -0.406 e. The zero-order valence-electron chi connectivity index (χ0n) is 13.8. The molecule has 26 heavy (non-hydrogen) atoms. The van der Waals surface area contributed by atoms with E-state index in [9.17, 15) is 18.0 Å². The van der Waals surface area contributed by atoms with E-state index in [0.717, 1.165) is 25.6 Å². The molecule has 0 radical (unpaired) electrons. The highest BCUT2D eigenvalue weighted by atomic mass is 32.1. The van der Waals surface area contributed by atoms with Gasteiger partial charge in [-0.25, -0.2) is 0 Å². The summed E-state index contributed by atoms with van der Waals surface area (Å²) in [6.45, 7) is 3.08. The van der Waals surface area contributed by atoms with E-state index in [0.29, 0.717) is 19.1 Å². The van der Waals surface area contributed by atoms with Crippen LogP contribution in [0.4, 0.5) is 13.2 Å². The summed E-state index contributed by atoms with van der Waals surface area (Å²) in [5.41, 5.74) is 1.58. The highest BCUT2D eigenvalue weighted by Crippen LogP contribution is 2.29. The van der Waals surface area contributed by atoms with E-state index in [4.69, 9.17) is 0 Å². The van der Waals surface area contributed by atoms with E-state index in [1.54, 1.807) is 16.2 Å². The Morgan fingerprint density at radius 3 is 2.81 bits per heavy atom. The van der Waals surface area contributed by atoms with Crippen LogP contribution in [0, 0.1) is 0 Å². The van der Waals surface area contributed by atoms with Gasteiger partial charge in [-0.15, -0.1) is 24.5 Å². The van der Waals surface area contributed by atoms with Crippen LogP contribution in [0.5, 0.6) is 5.75 Å². The van der Waals surface area contributed by atoms with Gasteiger partial charge < -0.3 is 9.64 Å². The molecule has 0 N–H and O–H groups in total. The van der Waals surface area contributed by atoms with Gasteiger partial charge in [0.05, 0.1) is 0 Å². The van der Waals surface area contributed by atoms with Gasteiger partial charge in [-0.1, -0.05) is 6.07 Å². The summed E-state index contributed by atoms with van der Waals surface area (Å²) in [5.74, 6) is -0.636. The van der Waals surface area contributed by atoms with Crippen LogP contribution < -0.4 is 4.74 Å². The number of benzene rings is 1. The SMILES string of the molecule is O=C(c1cccc(OC(F)(F)F)c1)N1CC(N2CCc3sccc3C2)C1. The average Bonchev–Trinajstić information content (AvgIpc) is 2.99. The maximum atomic E-state index is 12.5. The third-order valence-electron chi connectivity index (χ3n) is 4.82. The fourth-order valence-corrected chi connectivity index (χ4v) is 4.33. The first-order valence-corrected chi connectivity index (χ1v) is 9.21. The monoisotopic (exact) mass is 382 g/mol. The van der Waals surface area contributed by atoms with Crippen molar-refractivity contribution in [3.8, 4) is 5.75 Å². The highest BCUT2D eigenvalue weighted by Gasteiger charge is 2.37. The minimum atomic E-state index is -4.77. The molecule has 0 bridgehead atoms. The second-order valence-electron chi connectivity index (χ2n) is 6.53. The molecular formula is C18H17F3N2O2S. The van der Waals surface area contributed by atoms with Gasteiger partial charge >= 0.3 is 6.36 Å². The molecule has 0 aliphatic carbocycles. The number of halogens is 3. The van der Waals surface area contributed by atoms with Crippen molar-refractivity contribution in [2.24, 2.45) is 0 Å². The van der Waals surface area contributed by atoms with Crippen LogP contribution in [0.1, 0.15) is 20.8 Å². The van der Waals surface area contributed by atoms with Gasteiger partial charge in [0.25, 0.3) is 5.91 Å².